The van der Waals surface area contributed by atoms with Crippen molar-refractivity contribution in [3.05, 3.63) is 35.0 Å². The fraction of sp³-hybridized carbons (Fsp3) is 0.588. The second-order valence-electron chi connectivity index (χ2n) is 6.44. The minimum absolute atomic E-state index is 0.235. The van der Waals surface area contributed by atoms with Crippen molar-refractivity contribution in [2.75, 3.05) is 13.1 Å². The van der Waals surface area contributed by atoms with Crippen molar-refractivity contribution in [3.63, 3.8) is 0 Å². The molecule has 0 spiro atoms. The van der Waals surface area contributed by atoms with E-state index in [-0.39, 0.29) is 5.91 Å². The third kappa shape index (κ3) is 3.81. The second kappa shape index (κ2) is 6.98. The molecule has 6 heteroatoms. The Balaban J connectivity index is 1.52. The van der Waals surface area contributed by atoms with Crippen molar-refractivity contribution in [2.45, 2.75) is 46.0 Å². The predicted molar refractivity (Wildman–Crippen MR) is 85.9 cm³/mol. The van der Waals surface area contributed by atoms with E-state index in [1.54, 1.807) is 6.20 Å². The van der Waals surface area contributed by atoms with Crippen LogP contribution in [0.25, 0.3) is 0 Å². The van der Waals surface area contributed by atoms with Gasteiger partial charge in [0.15, 0.2) is 0 Å². The van der Waals surface area contributed by atoms with E-state index in [1.165, 1.54) is 6.42 Å². The van der Waals surface area contributed by atoms with Crippen molar-refractivity contribution < 1.29 is 9.32 Å². The fourth-order valence-corrected chi connectivity index (χ4v) is 3.42. The molecular weight excluding hydrogens is 292 g/mol. The molecule has 0 radical (unpaired) electrons. The van der Waals surface area contributed by atoms with Crippen LogP contribution in [0, 0.1) is 19.8 Å². The highest BCUT2D eigenvalue weighted by Crippen LogP contribution is 2.21. The molecule has 124 valence electrons. The van der Waals surface area contributed by atoms with Crippen LogP contribution in [-0.2, 0) is 17.6 Å². The van der Waals surface area contributed by atoms with Gasteiger partial charge in [0.1, 0.15) is 5.76 Å². The Morgan fingerprint density at radius 1 is 1.48 bits per heavy atom. The highest BCUT2D eigenvalue weighted by molar-refractivity contribution is 5.76. The number of amides is 1. The van der Waals surface area contributed by atoms with E-state index < -0.39 is 0 Å². The van der Waals surface area contributed by atoms with E-state index in [0.29, 0.717) is 18.8 Å². The number of piperidine rings is 1. The highest BCUT2D eigenvalue weighted by atomic mass is 16.5. The van der Waals surface area contributed by atoms with Gasteiger partial charge in [0.25, 0.3) is 0 Å². The Labute approximate surface area is 136 Å². The maximum atomic E-state index is 12.5. The topological polar surface area (TPSA) is 75.0 Å². The Morgan fingerprint density at radius 3 is 3.04 bits per heavy atom. The molecule has 1 N–H and O–H groups in total. The summed E-state index contributed by atoms with van der Waals surface area (Å²) in [4.78, 5) is 14.5. The van der Waals surface area contributed by atoms with E-state index in [4.69, 9.17) is 4.52 Å². The molecule has 2 aromatic rings. The van der Waals surface area contributed by atoms with E-state index in [9.17, 15) is 4.79 Å². The number of likely N-dealkylation sites (tertiary alicyclic amines) is 1. The van der Waals surface area contributed by atoms with Crippen LogP contribution < -0.4 is 0 Å². The highest BCUT2D eigenvalue weighted by Gasteiger charge is 2.24. The molecule has 23 heavy (non-hydrogen) atoms. The summed E-state index contributed by atoms with van der Waals surface area (Å²) in [6.45, 7) is 5.55. The molecule has 1 aliphatic heterocycles. The molecule has 0 aromatic carbocycles. The molecular formula is C17H24N4O2. The van der Waals surface area contributed by atoms with Gasteiger partial charge in [-0.3, -0.25) is 9.89 Å². The van der Waals surface area contributed by atoms with Gasteiger partial charge in [-0.15, -0.1) is 0 Å². The molecule has 0 unspecified atom stereocenters. The number of nitrogens with zero attached hydrogens (tertiary/aromatic N) is 3. The van der Waals surface area contributed by atoms with E-state index >= 15 is 0 Å². The zero-order valence-corrected chi connectivity index (χ0v) is 13.8. The Bertz CT molecular complexity index is 628. The van der Waals surface area contributed by atoms with Gasteiger partial charge in [0.2, 0.25) is 5.91 Å². The monoisotopic (exact) mass is 316 g/mol. The van der Waals surface area contributed by atoms with Gasteiger partial charge in [-0.1, -0.05) is 5.16 Å². The number of H-pyrrole nitrogens is 1. The van der Waals surface area contributed by atoms with Crippen molar-refractivity contribution in [2.24, 2.45) is 5.92 Å². The van der Waals surface area contributed by atoms with Gasteiger partial charge < -0.3 is 9.42 Å². The first-order chi connectivity index (χ1) is 11.1. The summed E-state index contributed by atoms with van der Waals surface area (Å²) in [6.07, 6.45) is 6.24. The molecule has 0 saturated carbocycles. The molecule has 1 aliphatic rings. The largest absolute Gasteiger partial charge is 0.361 e. The van der Waals surface area contributed by atoms with E-state index in [1.807, 2.05) is 24.8 Å². The lowest BCUT2D eigenvalue weighted by Crippen LogP contribution is -2.40. The first kappa shape index (κ1) is 15.8. The third-order valence-corrected chi connectivity index (χ3v) is 4.71. The summed E-state index contributed by atoms with van der Waals surface area (Å²) >= 11 is 0. The molecule has 6 nitrogen and oxygen atoms in total. The normalized spacial score (nSPS) is 18.3. The molecule has 1 fully saturated rings. The Kier molecular flexibility index (Phi) is 4.79. The van der Waals surface area contributed by atoms with Crippen LogP contribution in [0.15, 0.2) is 16.8 Å². The minimum Gasteiger partial charge on any atom is -0.361 e. The number of rotatable bonds is 5. The smallest absolute Gasteiger partial charge is 0.222 e. The third-order valence-electron chi connectivity index (χ3n) is 4.71. The summed E-state index contributed by atoms with van der Waals surface area (Å²) < 4.78 is 5.16. The van der Waals surface area contributed by atoms with Gasteiger partial charge in [-0.2, -0.15) is 5.10 Å². The lowest BCUT2D eigenvalue weighted by atomic mass is 9.93. The van der Waals surface area contributed by atoms with Crippen molar-refractivity contribution in [3.8, 4) is 0 Å². The lowest BCUT2D eigenvalue weighted by molar-refractivity contribution is -0.133. The molecule has 1 saturated heterocycles. The van der Waals surface area contributed by atoms with Gasteiger partial charge in [-0.05, 0) is 51.5 Å². The first-order valence-electron chi connectivity index (χ1n) is 8.31. The van der Waals surface area contributed by atoms with Gasteiger partial charge in [-0.25, -0.2) is 0 Å². The minimum atomic E-state index is 0.235. The summed E-state index contributed by atoms with van der Waals surface area (Å²) in [5.74, 6) is 1.58. The zero-order valence-electron chi connectivity index (χ0n) is 13.8. The molecule has 2 aromatic heterocycles. The zero-order chi connectivity index (χ0) is 16.2. The van der Waals surface area contributed by atoms with Crippen LogP contribution in [0.1, 0.15) is 42.0 Å². The van der Waals surface area contributed by atoms with Crippen LogP contribution in [0.4, 0.5) is 0 Å². The average Bonchev–Trinajstić information content (AvgIpc) is 3.16. The van der Waals surface area contributed by atoms with E-state index in [0.717, 1.165) is 48.6 Å². The Morgan fingerprint density at radius 2 is 2.35 bits per heavy atom. The van der Waals surface area contributed by atoms with Crippen LogP contribution in [0.2, 0.25) is 0 Å². The molecule has 1 atom stereocenters. The van der Waals surface area contributed by atoms with Crippen LogP contribution in [0.3, 0.4) is 0 Å². The number of hydrogen-bond acceptors (Lipinski definition) is 4. The average molecular weight is 316 g/mol. The lowest BCUT2D eigenvalue weighted by Gasteiger charge is -2.32. The number of nitrogens with one attached hydrogen (secondary N) is 1. The number of hydrogen-bond donors (Lipinski definition) is 1. The number of carbonyl (C=O) groups excluding carboxylic acids is 1. The first-order valence-corrected chi connectivity index (χ1v) is 8.31. The van der Waals surface area contributed by atoms with Crippen LogP contribution in [0.5, 0.6) is 0 Å². The van der Waals surface area contributed by atoms with Crippen molar-refractivity contribution in [1.82, 2.24) is 20.3 Å². The van der Waals surface area contributed by atoms with Crippen LogP contribution in [-0.4, -0.2) is 39.3 Å². The quantitative estimate of drug-likeness (QED) is 0.919. The van der Waals surface area contributed by atoms with Gasteiger partial charge >= 0.3 is 0 Å². The standard InChI is InChI=1S/C17H24N4O2/c1-12-16(13(2)23-20-12)5-6-17(22)21-9-3-4-14(11-21)10-15-7-8-18-19-15/h7-8,14H,3-6,9-11H2,1-2H3,(H,18,19)/t14-/m1/s1. The summed E-state index contributed by atoms with van der Waals surface area (Å²) in [5.41, 5.74) is 3.12. The molecule has 0 bridgehead atoms. The Hall–Kier alpha value is -2.11. The van der Waals surface area contributed by atoms with Crippen LogP contribution >= 0.6 is 0 Å². The fourth-order valence-electron chi connectivity index (χ4n) is 3.42. The predicted octanol–water partition coefficient (Wildman–Crippen LogP) is 2.43. The number of carbonyl (C=O) groups is 1. The molecule has 1 amide bonds. The number of aryl methyl sites for hydroxylation is 2. The molecule has 3 rings (SSSR count). The van der Waals surface area contributed by atoms with Gasteiger partial charge in [0, 0.05) is 37.0 Å². The van der Waals surface area contributed by atoms with Crippen molar-refractivity contribution >= 4 is 5.91 Å². The maximum absolute atomic E-state index is 12.5. The van der Waals surface area contributed by atoms with E-state index in [2.05, 4.69) is 15.4 Å². The summed E-state index contributed by atoms with van der Waals surface area (Å²) in [5, 5.41) is 11.0. The SMILES string of the molecule is Cc1noc(C)c1CCC(=O)N1CCC[C@H](Cc2ccn[nH]2)C1. The van der Waals surface area contributed by atoms with Crippen molar-refractivity contribution in [1.29, 1.82) is 0 Å². The maximum Gasteiger partial charge on any atom is 0.222 e. The molecule has 3 heterocycles. The number of aromatic amines is 1. The summed E-state index contributed by atoms with van der Waals surface area (Å²) in [7, 11) is 0. The van der Waals surface area contributed by atoms with Gasteiger partial charge in [0.05, 0.1) is 5.69 Å². The molecule has 0 aliphatic carbocycles. The number of aromatic nitrogens is 3. The summed E-state index contributed by atoms with van der Waals surface area (Å²) in [6, 6.07) is 2.01. The second-order valence-corrected chi connectivity index (χ2v) is 6.44.